The van der Waals surface area contributed by atoms with Crippen molar-refractivity contribution < 1.29 is 8.95 Å². The van der Waals surface area contributed by atoms with Crippen LogP contribution in [0.3, 0.4) is 0 Å². The highest BCUT2D eigenvalue weighted by Crippen LogP contribution is 2.33. The minimum absolute atomic E-state index is 0.174. The molecule has 2 nitrogen and oxygen atoms in total. The summed E-state index contributed by atoms with van der Waals surface area (Å²) in [5.41, 5.74) is -0.174. The molecule has 4 heteroatoms. The molecule has 0 aromatic rings. The Morgan fingerprint density at radius 3 is 2.45 bits per heavy atom. The van der Waals surface area contributed by atoms with Crippen molar-refractivity contribution in [3.63, 3.8) is 0 Å². The van der Waals surface area contributed by atoms with Crippen molar-refractivity contribution in [1.82, 2.24) is 0 Å². The molecule has 0 spiro atoms. The van der Waals surface area contributed by atoms with E-state index < -0.39 is 10.0 Å². The predicted octanol–water partition coefficient (Wildman–Crippen LogP) is 1.85. The second kappa shape index (κ2) is 3.87. The molecule has 1 aliphatic carbocycles. The lowest BCUT2D eigenvalue weighted by Crippen LogP contribution is -2.33. The predicted molar refractivity (Wildman–Crippen MR) is 47.1 cm³/mol. The Hall–Kier alpha value is 0.400. The Morgan fingerprint density at radius 2 is 2.09 bits per heavy atom. The fourth-order valence-electron chi connectivity index (χ4n) is 1.63. The molecule has 1 aliphatic rings. The van der Waals surface area contributed by atoms with Gasteiger partial charge in [0.15, 0.2) is 0 Å². The summed E-state index contributed by atoms with van der Waals surface area (Å²) in [6.07, 6.45) is 4.34. The number of hydrogen-bond acceptors (Lipinski definition) is 2. The fraction of sp³-hybridized carbons (Fsp3) is 1.00. The van der Waals surface area contributed by atoms with Gasteiger partial charge < -0.3 is 4.74 Å². The molecular formula is C7H13ClO2S. The smallest absolute Gasteiger partial charge is 0.117 e. The SMILES string of the molecule is COC1(CS(=O)Cl)CCCC1. The van der Waals surface area contributed by atoms with Crippen molar-refractivity contribution in [2.24, 2.45) is 0 Å². The van der Waals surface area contributed by atoms with Crippen LogP contribution in [0.1, 0.15) is 25.7 Å². The lowest BCUT2D eigenvalue weighted by molar-refractivity contribution is 0.0165. The van der Waals surface area contributed by atoms with E-state index in [0.717, 1.165) is 12.8 Å². The summed E-state index contributed by atoms with van der Waals surface area (Å²) in [7, 11) is 5.85. The van der Waals surface area contributed by atoms with Crippen molar-refractivity contribution in [3.8, 4) is 0 Å². The highest BCUT2D eigenvalue weighted by molar-refractivity contribution is 8.08. The van der Waals surface area contributed by atoms with E-state index in [1.807, 2.05) is 0 Å². The summed E-state index contributed by atoms with van der Waals surface area (Å²) >= 11 is 0. The number of rotatable bonds is 3. The van der Waals surface area contributed by atoms with E-state index in [1.165, 1.54) is 12.8 Å². The van der Waals surface area contributed by atoms with E-state index in [-0.39, 0.29) is 5.60 Å². The van der Waals surface area contributed by atoms with Crippen molar-refractivity contribution in [2.75, 3.05) is 12.9 Å². The molecule has 0 heterocycles. The molecule has 11 heavy (non-hydrogen) atoms. The molecule has 1 fully saturated rings. The summed E-state index contributed by atoms with van der Waals surface area (Å²) in [5, 5.41) is 0. The molecule has 1 atom stereocenters. The minimum Gasteiger partial charge on any atom is -0.377 e. The molecule has 0 saturated heterocycles. The molecule has 0 N–H and O–H groups in total. The van der Waals surface area contributed by atoms with Crippen molar-refractivity contribution >= 4 is 20.7 Å². The third kappa shape index (κ3) is 2.42. The van der Waals surface area contributed by atoms with Crippen molar-refractivity contribution in [3.05, 3.63) is 0 Å². The fourth-order valence-corrected chi connectivity index (χ4v) is 3.05. The lowest BCUT2D eigenvalue weighted by atomic mass is 10.1. The average molecular weight is 197 g/mol. The molecule has 0 aliphatic heterocycles. The van der Waals surface area contributed by atoms with Crippen LogP contribution in [0, 0.1) is 0 Å². The summed E-state index contributed by atoms with van der Waals surface area (Å²) < 4.78 is 16.1. The first-order valence-corrected chi connectivity index (χ1v) is 5.93. The van der Waals surface area contributed by atoms with Crippen LogP contribution < -0.4 is 0 Å². The molecule has 0 aromatic heterocycles. The van der Waals surface area contributed by atoms with E-state index in [4.69, 9.17) is 15.4 Å². The van der Waals surface area contributed by atoms with E-state index in [1.54, 1.807) is 7.11 Å². The molecule has 1 saturated carbocycles. The van der Waals surface area contributed by atoms with Gasteiger partial charge in [-0.2, -0.15) is 0 Å². The zero-order chi connectivity index (χ0) is 8.32. The number of halogens is 1. The molecular weight excluding hydrogens is 184 g/mol. The van der Waals surface area contributed by atoms with Crippen LogP contribution in [0.5, 0.6) is 0 Å². The van der Waals surface area contributed by atoms with Gasteiger partial charge in [0.25, 0.3) is 0 Å². The van der Waals surface area contributed by atoms with Crippen molar-refractivity contribution in [1.29, 1.82) is 0 Å². The van der Waals surface area contributed by atoms with Gasteiger partial charge in [-0.15, -0.1) is 0 Å². The third-order valence-corrected chi connectivity index (χ3v) is 3.40. The normalized spacial score (nSPS) is 25.3. The summed E-state index contributed by atoms with van der Waals surface area (Å²) in [4.78, 5) is 0. The van der Waals surface area contributed by atoms with Gasteiger partial charge >= 0.3 is 0 Å². The summed E-state index contributed by atoms with van der Waals surface area (Å²) in [6, 6.07) is 0. The molecule has 66 valence electrons. The largest absolute Gasteiger partial charge is 0.377 e. The van der Waals surface area contributed by atoms with Gasteiger partial charge in [-0.05, 0) is 23.5 Å². The average Bonchev–Trinajstić information content (AvgIpc) is 2.36. The van der Waals surface area contributed by atoms with Crippen LogP contribution in [-0.2, 0) is 14.7 Å². The molecule has 1 unspecified atom stereocenters. The standard InChI is InChI=1S/C7H13ClO2S/c1-10-7(6-11(8)9)4-2-3-5-7/h2-6H2,1H3. The van der Waals surface area contributed by atoms with Crippen LogP contribution in [0.15, 0.2) is 0 Å². The van der Waals surface area contributed by atoms with Gasteiger partial charge in [0.05, 0.1) is 11.4 Å². The van der Waals surface area contributed by atoms with Crippen molar-refractivity contribution in [2.45, 2.75) is 31.3 Å². The molecule has 0 radical (unpaired) electrons. The second-order valence-electron chi connectivity index (χ2n) is 3.03. The zero-order valence-electron chi connectivity index (χ0n) is 6.64. The van der Waals surface area contributed by atoms with Gasteiger partial charge in [-0.25, -0.2) is 4.21 Å². The molecule has 1 rings (SSSR count). The maximum Gasteiger partial charge on any atom is 0.117 e. The minimum atomic E-state index is -1.25. The Labute approximate surface area is 74.2 Å². The van der Waals surface area contributed by atoms with Gasteiger partial charge in [-0.1, -0.05) is 12.8 Å². The van der Waals surface area contributed by atoms with E-state index in [2.05, 4.69) is 0 Å². The van der Waals surface area contributed by atoms with Crippen LogP contribution in [0.4, 0.5) is 0 Å². The Morgan fingerprint density at radius 1 is 1.55 bits per heavy atom. The van der Waals surface area contributed by atoms with Crippen LogP contribution in [0.25, 0.3) is 0 Å². The molecule has 0 bridgehead atoms. The third-order valence-electron chi connectivity index (χ3n) is 2.32. The zero-order valence-corrected chi connectivity index (χ0v) is 8.21. The van der Waals surface area contributed by atoms with Gasteiger partial charge in [0.1, 0.15) is 10.0 Å². The maximum atomic E-state index is 10.8. The Kier molecular flexibility index (Phi) is 3.34. The maximum absolute atomic E-state index is 10.8. The Bertz CT molecular complexity index is 155. The first-order valence-electron chi connectivity index (χ1n) is 3.78. The highest BCUT2D eigenvalue weighted by atomic mass is 35.7. The number of methoxy groups -OCH3 is 1. The van der Waals surface area contributed by atoms with Crippen LogP contribution >= 0.6 is 10.7 Å². The molecule has 0 amide bonds. The monoisotopic (exact) mass is 196 g/mol. The van der Waals surface area contributed by atoms with Crippen LogP contribution in [-0.4, -0.2) is 22.7 Å². The van der Waals surface area contributed by atoms with Gasteiger partial charge in [0, 0.05) is 7.11 Å². The molecule has 0 aromatic carbocycles. The highest BCUT2D eigenvalue weighted by Gasteiger charge is 2.35. The van der Waals surface area contributed by atoms with Gasteiger partial charge in [0.2, 0.25) is 0 Å². The van der Waals surface area contributed by atoms with E-state index in [9.17, 15) is 4.21 Å². The quantitative estimate of drug-likeness (QED) is 0.644. The lowest BCUT2D eigenvalue weighted by Gasteiger charge is -2.25. The number of hydrogen-bond donors (Lipinski definition) is 0. The topological polar surface area (TPSA) is 26.3 Å². The first-order chi connectivity index (χ1) is 5.18. The summed E-state index contributed by atoms with van der Waals surface area (Å²) in [5.74, 6) is 0.477. The summed E-state index contributed by atoms with van der Waals surface area (Å²) in [6.45, 7) is 0. The number of ether oxygens (including phenoxy) is 1. The van der Waals surface area contributed by atoms with E-state index in [0.29, 0.717) is 5.75 Å². The van der Waals surface area contributed by atoms with Gasteiger partial charge in [-0.3, -0.25) is 0 Å². The first kappa shape index (κ1) is 9.49. The van der Waals surface area contributed by atoms with E-state index >= 15 is 0 Å². The Balaban J connectivity index is 2.52. The second-order valence-corrected chi connectivity index (χ2v) is 4.93. The van der Waals surface area contributed by atoms with Crippen LogP contribution in [0.2, 0.25) is 0 Å².